The van der Waals surface area contributed by atoms with Gasteiger partial charge in [0.05, 0.1) is 19.9 Å². The third-order valence-electron chi connectivity index (χ3n) is 3.32. The second-order valence-electron chi connectivity index (χ2n) is 5.00. The lowest BCUT2D eigenvalue weighted by atomic mass is 10.0. The SMILES string of the molecule is COc1ccnc(CNCCC(C)CCC(=O)O)c1OC. The number of carboxylic acids is 1. The van der Waals surface area contributed by atoms with E-state index in [1.54, 1.807) is 26.5 Å². The van der Waals surface area contributed by atoms with E-state index in [0.29, 0.717) is 30.4 Å². The van der Waals surface area contributed by atoms with E-state index in [0.717, 1.165) is 18.7 Å². The fraction of sp³-hybridized carbons (Fsp3) is 0.600. The molecule has 118 valence electrons. The largest absolute Gasteiger partial charge is 0.493 e. The van der Waals surface area contributed by atoms with Crippen molar-refractivity contribution in [2.75, 3.05) is 20.8 Å². The maximum absolute atomic E-state index is 10.5. The van der Waals surface area contributed by atoms with Crippen molar-refractivity contribution in [2.45, 2.75) is 32.7 Å². The van der Waals surface area contributed by atoms with Crippen LogP contribution >= 0.6 is 0 Å². The Labute approximate surface area is 125 Å². The Bertz CT molecular complexity index is 451. The molecule has 0 saturated heterocycles. The molecule has 0 aromatic carbocycles. The molecule has 6 nitrogen and oxygen atoms in total. The van der Waals surface area contributed by atoms with E-state index in [1.165, 1.54) is 0 Å². The van der Waals surface area contributed by atoms with Crippen LogP contribution in [-0.4, -0.2) is 36.8 Å². The van der Waals surface area contributed by atoms with Gasteiger partial charge in [0.25, 0.3) is 0 Å². The molecule has 1 atom stereocenters. The van der Waals surface area contributed by atoms with Gasteiger partial charge in [0.1, 0.15) is 0 Å². The molecular weight excluding hydrogens is 272 g/mol. The summed E-state index contributed by atoms with van der Waals surface area (Å²) in [6, 6.07) is 1.76. The molecule has 2 N–H and O–H groups in total. The Kier molecular flexibility index (Phi) is 7.53. The molecule has 1 unspecified atom stereocenters. The van der Waals surface area contributed by atoms with Gasteiger partial charge in [-0.25, -0.2) is 0 Å². The average molecular weight is 296 g/mol. The van der Waals surface area contributed by atoms with Crippen LogP contribution in [0.1, 0.15) is 31.9 Å². The maximum Gasteiger partial charge on any atom is 0.303 e. The molecule has 1 heterocycles. The first kappa shape index (κ1) is 17.2. The zero-order chi connectivity index (χ0) is 15.7. The summed E-state index contributed by atoms with van der Waals surface area (Å²) in [6.45, 7) is 3.46. The number of carboxylic acid groups (broad SMARTS) is 1. The van der Waals surface area contributed by atoms with Gasteiger partial charge in [0.2, 0.25) is 0 Å². The number of carbonyl (C=O) groups is 1. The van der Waals surface area contributed by atoms with Crippen molar-refractivity contribution >= 4 is 5.97 Å². The summed E-state index contributed by atoms with van der Waals surface area (Å²) < 4.78 is 10.5. The van der Waals surface area contributed by atoms with Crippen LogP contribution < -0.4 is 14.8 Å². The van der Waals surface area contributed by atoms with Crippen LogP contribution in [0.15, 0.2) is 12.3 Å². The van der Waals surface area contributed by atoms with Gasteiger partial charge in [-0.3, -0.25) is 9.78 Å². The van der Waals surface area contributed by atoms with Crippen molar-refractivity contribution in [3.63, 3.8) is 0 Å². The lowest BCUT2D eigenvalue weighted by Gasteiger charge is -2.13. The molecule has 0 amide bonds. The van der Waals surface area contributed by atoms with Crippen LogP contribution in [0.4, 0.5) is 0 Å². The van der Waals surface area contributed by atoms with Crippen LogP contribution in [-0.2, 0) is 11.3 Å². The normalized spacial score (nSPS) is 12.0. The first-order valence-corrected chi connectivity index (χ1v) is 7.06. The van der Waals surface area contributed by atoms with Crippen LogP contribution in [0.3, 0.4) is 0 Å². The number of methoxy groups -OCH3 is 2. The molecule has 1 aromatic heterocycles. The number of aromatic nitrogens is 1. The molecule has 1 rings (SSSR count). The summed E-state index contributed by atoms with van der Waals surface area (Å²) in [5.41, 5.74) is 0.801. The minimum absolute atomic E-state index is 0.229. The van der Waals surface area contributed by atoms with Gasteiger partial charge < -0.3 is 19.9 Å². The van der Waals surface area contributed by atoms with Crippen LogP contribution in [0.5, 0.6) is 11.5 Å². The summed E-state index contributed by atoms with van der Waals surface area (Å²) in [7, 11) is 3.19. The van der Waals surface area contributed by atoms with Crippen molar-refractivity contribution in [3.8, 4) is 11.5 Å². The highest BCUT2D eigenvalue weighted by Crippen LogP contribution is 2.28. The van der Waals surface area contributed by atoms with E-state index < -0.39 is 5.97 Å². The first-order valence-electron chi connectivity index (χ1n) is 7.06. The lowest BCUT2D eigenvalue weighted by Crippen LogP contribution is -2.18. The number of hydrogen-bond donors (Lipinski definition) is 2. The summed E-state index contributed by atoms with van der Waals surface area (Å²) in [6.07, 6.45) is 3.55. The van der Waals surface area contributed by atoms with E-state index in [2.05, 4.69) is 17.2 Å². The second kappa shape index (κ2) is 9.18. The number of ether oxygens (including phenoxy) is 2. The van der Waals surface area contributed by atoms with Gasteiger partial charge >= 0.3 is 5.97 Å². The average Bonchev–Trinajstić information content (AvgIpc) is 2.48. The fourth-order valence-electron chi connectivity index (χ4n) is 2.05. The molecule has 0 saturated carbocycles. The predicted molar refractivity (Wildman–Crippen MR) is 79.7 cm³/mol. The van der Waals surface area contributed by atoms with E-state index in [9.17, 15) is 4.79 Å². The van der Waals surface area contributed by atoms with Crippen molar-refractivity contribution < 1.29 is 19.4 Å². The standard InChI is InChI=1S/C15H24N2O4/c1-11(4-5-14(18)19)6-8-16-10-12-15(21-3)13(20-2)7-9-17-12/h7,9,11,16H,4-6,8,10H2,1-3H3,(H,18,19). The second-order valence-corrected chi connectivity index (χ2v) is 5.00. The number of nitrogens with one attached hydrogen (secondary N) is 1. The van der Waals surface area contributed by atoms with Crippen molar-refractivity contribution in [1.29, 1.82) is 0 Å². The molecule has 6 heteroatoms. The quantitative estimate of drug-likeness (QED) is 0.643. The van der Waals surface area contributed by atoms with Crippen LogP contribution in [0.25, 0.3) is 0 Å². The molecule has 0 spiro atoms. The predicted octanol–water partition coefficient (Wildman–Crippen LogP) is 2.08. The van der Waals surface area contributed by atoms with E-state index in [4.69, 9.17) is 14.6 Å². The number of rotatable bonds is 10. The molecule has 21 heavy (non-hydrogen) atoms. The minimum atomic E-state index is -0.736. The number of pyridine rings is 1. The first-order chi connectivity index (χ1) is 10.1. The molecule has 0 aliphatic heterocycles. The lowest BCUT2D eigenvalue weighted by molar-refractivity contribution is -0.137. The Morgan fingerprint density at radius 1 is 1.38 bits per heavy atom. The Morgan fingerprint density at radius 2 is 2.14 bits per heavy atom. The Balaban J connectivity index is 2.37. The summed E-state index contributed by atoms with van der Waals surface area (Å²) in [5, 5.41) is 11.9. The molecule has 0 radical (unpaired) electrons. The van der Waals surface area contributed by atoms with Crippen LogP contribution in [0, 0.1) is 5.92 Å². The molecule has 0 aliphatic carbocycles. The summed E-state index contributed by atoms with van der Waals surface area (Å²) >= 11 is 0. The Hall–Kier alpha value is -1.82. The smallest absolute Gasteiger partial charge is 0.303 e. The maximum atomic E-state index is 10.5. The van der Waals surface area contributed by atoms with E-state index in [-0.39, 0.29) is 6.42 Å². The van der Waals surface area contributed by atoms with Crippen molar-refractivity contribution in [2.24, 2.45) is 5.92 Å². The highest BCUT2D eigenvalue weighted by molar-refractivity contribution is 5.66. The number of hydrogen-bond acceptors (Lipinski definition) is 5. The Morgan fingerprint density at radius 3 is 2.76 bits per heavy atom. The van der Waals surface area contributed by atoms with Gasteiger partial charge in [-0.2, -0.15) is 0 Å². The molecule has 1 aromatic rings. The molecule has 0 bridgehead atoms. The minimum Gasteiger partial charge on any atom is -0.493 e. The zero-order valence-electron chi connectivity index (χ0n) is 12.9. The van der Waals surface area contributed by atoms with Crippen LogP contribution in [0.2, 0.25) is 0 Å². The number of nitrogens with zero attached hydrogens (tertiary/aromatic N) is 1. The zero-order valence-corrected chi connectivity index (χ0v) is 12.9. The highest BCUT2D eigenvalue weighted by Gasteiger charge is 2.11. The number of aliphatic carboxylic acids is 1. The van der Waals surface area contributed by atoms with Gasteiger partial charge in [0, 0.05) is 25.2 Å². The van der Waals surface area contributed by atoms with Crippen molar-refractivity contribution in [1.82, 2.24) is 10.3 Å². The topological polar surface area (TPSA) is 80.7 Å². The van der Waals surface area contributed by atoms with Gasteiger partial charge in [0.15, 0.2) is 11.5 Å². The highest BCUT2D eigenvalue weighted by atomic mass is 16.5. The summed E-state index contributed by atoms with van der Waals surface area (Å²) in [4.78, 5) is 14.8. The van der Waals surface area contributed by atoms with Crippen molar-refractivity contribution in [3.05, 3.63) is 18.0 Å². The van der Waals surface area contributed by atoms with Gasteiger partial charge in [-0.05, 0) is 25.3 Å². The van der Waals surface area contributed by atoms with Gasteiger partial charge in [-0.15, -0.1) is 0 Å². The van der Waals surface area contributed by atoms with E-state index in [1.807, 2.05) is 0 Å². The fourth-order valence-corrected chi connectivity index (χ4v) is 2.05. The third kappa shape index (κ3) is 5.99. The van der Waals surface area contributed by atoms with Gasteiger partial charge in [-0.1, -0.05) is 6.92 Å². The van der Waals surface area contributed by atoms with E-state index >= 15 is 0 Å². The monoisotopic (exact) mass is 296 g/mol. The third-order valence-corrected chi connectivity index (χ3v) is 3.32. The molecule has 0 fully saturated rings. The summed E-state index contributed by atoms with van der Waals surface area (Å²) in [5.74, 6) is 0.958. The molecular formula is C15H24N2O4. The molecule has 0 aliphatic rings.